The Morgan fingerprint density at radius 1 is 1.20 bits per heavy atom. The van der Waals surface area contributed by atoms with Crippen molar-refractivity contribution in [1.82, 2.24) is 15.0 Å². The number of hydrogen-bond donors (Lipinski definition) is 1. The third-order valence-electron chi connectivity index (χ3n) is 3.16. The minimum Gasteiger partial charge on any atom is -0.380 e. The van der Waals surface area contributed by atoms with Crippen molar-refractivity contribution < 1.29 is 4.74 Å². The van der Waals surface area contributed by atoms with Crippen LogP contribution >= 0.6 is 11.6 Å². The van der Waals surface area contributed by atoms with Crippen molar-refractivity contribution in [3.8, 4) is 0 Å². The molecule has 2 rings (SSSR count). The van der Waals surface area contributed by atoms with Gasteiger partial charge in [0.2, 0.25) is 17.2 Å². The quantitative estimate of drug-likeness (QED) is 0.744. The third kappa shape index (κ3) is 4.76. The Balaban J connectivity index is 1.81. The number of ether oxygens (including phenoxy) is 1. The summed E-state index contributed by atoms with van der Waals surface area (Å²) in [7, 11) is 0. The molecule has 0 saturated carbocycles. The van der Waals surface area contributed by atoms with E-state index in [9.17, 15) is 0 Å². The first-order valence-electron chi connectivity index (χ1n) is 7.27. The number of nitrogens with one attached hydrogen (secondary N) is 1. The third-order valence-corrected chi connectivity index (χ3v) is 3.33. The van der Waals surface area contributed by atoms with Crippen LogP contribution < -0.4 is 10.2 Å². The van der Waals surface area contributed by atoms with E-state index in [1.807, 2.05) is 0 Å². The number of unbranched alkanes of at least 4 members (excludes halogenated alkanes) is 1. The summed E-state index contributed by atoms with van der Waals surface area (Å²) in [6.45, 7) is 6.23. The highest BCUT2D eigenvalue weighted by Crippen LogP contribution is 2.18. The SMILES string of the molecule is CCCCOCCNc1nc(Cl)nc(N2CCCC2)n1. The molecule has 1 aromatic heterocycles. The van der Waals surface area contributed by atoms with E-state index in [4.69, 9.17) is 16.3 Å². The maximum absolute atomic E-state index is 5.95. The topological polar surface area (TPSA) is 63.2 Å². The predicted octanol–water partition coefficient (Wildman–Crippen LogP) is 2.35. The van der Waals surface area contributed by atoms with Gasteiger partial charge >= 0.3 is 0 Å². The van der Waals surface area contributed by atoms with Crippen molar-refractivity contribution in [1.29, 1.82) is 0 Å². The monoisotopic (exact) mass is 299 g/mol. The van der Waals surface area contributed by atoms with E-state index in [0.29, 0.717) is 25.0 Å². The number of anilines is 2. The van der Waals surface area contributed by atoms with Gasteiger partial charge in [-0.15, -0.1) is 0 Å². The largest absolute Gasteiger partial charge is 0.380 e. The maximum Gasteiger partial charge on any atom is 0.231 e. The van der Waals surface area contributed by atoms with Gasteiger partial charge in [0.25, 0.3) is 0 Å². The molecule has 0 aromatic carbocycles. The molecule has 1 aliphatic rings. The molecule has 0 radical (unpaired) electrons. The van der Waals surface area contributed by atoms with Crippen LogP contribution in [0.5, 0.6) is 0 Å². The van der Waals surface area contributed by atoms with Gasteiger partial charge in [-0.05, 0) is 30.9 Å². The van der Waals surface area contributed by atoms with Gasteiger partial charge in [-0.2, -0.15) is 15.0 Å². The van der Waals surface area contributed by atoms with Crippen LogP contribution in [-0.2, 0) is 4.74 Å². The first kappa shape index (κ1) is 15.3. The molecule has 1 aromatic rings. The van der Waals surface area contributed by atoms with Gasteiger partial charge < -0.3 is 15.0 Å². The lowest BCUT2D eigenvalue weighted by Gasteiger charge is -2.15. The fourth-order valence-electron chi connectivity index (χ4n) is 2.06. The standard InChI is InChI=1S/C13H22ClN5O/c1-2-3-9-20-10-6-15-12-16-11(14)17-13(18-12)19-7-4-5-8-19/h2-10H2,1H3,(H,15,16,17,18). The van der Waals surface area contributed by atoms with E-state index < -0.39 is 0 Å². The number of hydrogen-bond acceptors (Lipinski definition) is 6. The van der Waals surface area contributed by atoms with Gasteiger partial charge in [0.15, 0.2) is 0 Å². The van der Waals surface area contributed by atoms with Crippen molar-refractivity contribution in [2.45, 2.75) is 32.6 Å². The van der Waals surface area contributed by atoms with Crippen molar-refractivity contribution in [3.63, 3.8) is 0 Å². The fourth-order valence-corrected chi connectivity index (χ4v) is 2.22. The molecule has 1 aliphatic heterocycles. The molecule has 0 atom stereocenters. The first-order valence-corrected chi connectivity index (χ1v) is 7.65. The van der Waals surface area contributed by atoms with Crippen LogP contribution in [0.15, 0.2) is 0 Å². The maximum atomic E-state index is 5.95. The molecule has 1 fully saturated rings. The van der Waals surface area contributed by atoms with Crippen LogP contribution in [0, 0.1) is 0 Å². The smallest absolute Gasteiger partial charge is 0.231 e. The second kappa shape index (κ2) is 8.21. The summed E-state index contributed by atoms with van der Waals surface area (Å²) in [5, 5.41) is 3.36. The van der Waals surface area contributed by atoms with E-state index in [-0.39, 0.29) is 5.28 Å². The molecule has 0 amide bonds. The highest BCUT2D eigenvalue weighted by molar-refractivity contribution is 6.28. The molecule has 7 heteroatoms. The van der Waals surface area contributed by atoms with Crippen molar-refractivity contribution in [2.75, 3.05) is 43.1 Å². The van der Waals surface area contributed by atoms with Crippen LogP contribution in [0.1, 0.15) is 32.6 Å². The second-order valence-electron chi connectivity index (χ2n) is 4.81. The molecule has 112 valence electrons. The molecule has 0 spiro atoms. The average molecular weight is 300 g/mol. The van der Waals surface area contributed by atoms with E-state index in [0.717, 1.165) is 32.5 Å². The van der Waals surface area contributed by atoms with Crippen LogP contribution in [0.25, 0.3) is 0 Å². The molecule has 20 heavy (non-hydrogen) atoms. The molecule has 0 bridgehead atoms. The second-order valence-corrected chi connectivity index (χ2v) is 5.15. The van der Waals surface area contributed by atoms with Gasteiger partial charge in [-0.3, -0.25) is 0 Å². The van der Waals surface area contributed by atoms with Gasteiger partial charge in [-0.25, -0.2) is 0 Å². The van der Waals surface area contributed by atoms with Crippen molar-refractivity contribution in [2.24, 2.45) is 0 Å². The molecule has 0 aliphatic carbocycles. The van der Waals surface area contributed by atoms with Crippen LogP contribution in [0.2, 0.25) is 5.28 Å². The zero-order valence-corrected chi connectivity index (χ0v) is 12.7. The molecule has 1 N–H and O–H groups in total. The Morgan fingerprint density at radius 2 is 2.00 bits per heavy atom. The van der Waals surface area contributed by atoms with Gasteiger partial charge in [-0.1, -0.05) is 13.3 Å². The summed E-state index contributed by atoms with van der Waals surface area (Å²) in [6.07, 6.45) is 4.60. The Kier molecular flexibility index (Phi) is 6.26. The zero-order valence-electron chi connectivity index (χ0n) is 11.9. The van der Waals surface area contributed by atoms with Gasteiger partial charge in [0, 0.05) is 26.2 Å². The number of nitrogens with zero attached hydrogens (tertiary/aromatic N) is 4. The summed E-state index contributed by atoms with van der Waals surface area (Å²) in [6, 6.07) is 0. The average Bonchev–Trinajstić information content (AvgIpc) is 2.96. The lowest BCUT2D eigenvalue weighted by molar-refractivity contribution is 0.141. The summed E-state index contributed by atoms with van der Waals surface area (Å²) < 4.78 is 5.48. The van der Waals surface area contributed by atoms with E-state index >= 15 is 0 Å². The zero-order chi connectivity index (χ0) is 14.2. The van der Waals surface area contributed by atoms with E-state index in [2.05, 4.69) is 32.1 Å². The predicted molar refractivity (Wildman–Crippen MR) is 80.5 cm³/mol. The van der Waals surface area contributed by atoms with Gasteiger partial charge in [0.05, 0.1) is 6.61 Å². The van der Waals surface area contributed by atoms with E-state index in [1.165, 1.54) is 12.8 Å². The van der Waals surface area contributed by atoms with Crippen LogP contribution in [0.3, 0.4) is 0 Å². The Hall–Kier alpha value is -1.14. The van der Waals surface area contributed by atoms with Crippen LogP contribution in [0.4, 0.5) is 11.9 Å². The minimum atomic E-state index is 0.233. The summed E-state index contributed by atoms with van der Waals surface area (Å²) in [4.78, 5) is 14.8. The molecular weight excluding hydrogens is 278 g/mol. The Bertz CT molecular complexity index is 412. The molecule has 1 saturated heterocycles. The van der Waals surface area contributed by atoms with Crippen LogP contribution in [-0.4, -0.2) is 47.8 Å². The lowest BCUT2D eigenvalue weighted by atomic mass is 10.4. The normalized spacial score (nSPS) is 14.8. The fraction of sp³-hybridized carbons (Fsp3) is 0.769. The lowest BCUT2D eigenvalue weighted by Crippen LogP contribution is -2.22. The summed E-state index contributed by atoms with van der Waals surface area (Å²) in [5.41, 5.74) is 0. The number of halogens is 1. The molecule has 0 unspecified atom stereocenters. The highest BCUT2D eigenvalue weighted by atomic mass is 35.5. The van der Waals surface area contributed by atoms with Crippen molar-refractivity contribution in [3.05, 3.63) is 5.28 Å². The highest BCUT2D eigenvalue weighted by Gasteiger charge is 2.16. The Labute approximate surface area is 124 Å². The number of aromatic nitrogens is 3. The first-order chi connectivity index (χ1) is 9.79. The molecular formula is C13H22ClN5O. The molecule has 2 heterocycles. The van der Waals surface area contributed by atoms with Gasteiger partial charge in [0.1, 0.15) is 0 Å². The molecule has 6 nitrogen and oxygen atoms in total. The minimum absolute atomic E-state index is 0.233. The number of rotatable bonds is 8. The van der Waals surface area contributed by atoms with Crippen molar-refractivity contribution >= 4 is 23.5 Å². The Morgan fingerprint density at radius 3 is 2.75 bits per heavy atom. The summed E-state index contributed by atoms with van der Waals surface area (Å²) >= 11 is 5.95. The van der Waals surface area contributed by atoms with E-state index in [1.54, 1.807) is 0 Å². The summed E-state index contributed by atoms with van der Waals surface area (Å²) in [5.74, 6) is 1.18.